The summed E-state index contributed by atoms with van der Waals surface area (Å²) in [6.07, 6.45) is 2.98. The van der Waals surface area contributed by atoms with Crippen LogP contribution in [0.3, 0.4) is 0 Å². The highest BCUT2D eigenvalue weighted by molar-refractivity contribution is 6.31. The molecule has 5 heteroatoms. The number of benzene rings is 1. The largest absolute Gasteiger partial charge is 0.320 e. The maximum atomic E-state index is 12.3. The van der Waals surface area contributed by atoms with Crippen molar-refractivity contribution in [2.75, 3.05) is 5.32 Å². The fourth-order valence-corrected chi connectivity index (χ4v) is 2.61. The second-order valence-corrected chi connectivity index (χ2v) is 5.16. The summed E-state index contributed by atoms with van der Waals surface area (Å²) in [6, 6.07) is 5.46. The molecule has 19 heavy (non-hydrogen) atoms. The summed E-state index contributed by atoms with van der Waals surface area (Å²) >= 11 is 6.04. The van der Waals surface area contributed by atoms with Gasteiger partial charge in [-0.2, -0.15) is 5.10 Å². The van der Waals surface area contributed by atoms with Crippen LogP contribution in [0.4, 0.5) is 5.69 Å². The number of nitrogens with one attached hydrogen (secondary N) is 2. The number of amides is 1. The molecule has 0 saturated carbocycles. The van der Waals surface area contributed by atoms with Crippen molar-refractivity contribution < 1.29 is 4.79 Å². The number of rotatable bonds is 2. The Bertz CT molecular complexity index is 648. The third kappa shape index (κ3) is 2.12. The first-order chi connectivity index (χ1) is 9.16. The predicted molar refractivity (Wildman–Crippen MR) is 74.8 cm³/mol. The third-order valence-corrected chi connectivity index (χ3v) is 3.95. The van der Waals surface area contributed by atoms with Crippen molar-refractivity contribution in [3.8, 4) is 0 Å². The van der Waals surface area contributed by atoms with E-state index in [-0.39, 0.29) is 5.91 Å². The van der Waals surface area contributed by atoms with Crippen LogP contribution in [0.2, 0.25) is 5.02 Å². The zero-order valence-electron chi connectivity index (χ0n) is 10.6. The van der Waals surface area contributed by atoms with Gasteiger partial charge in [-0.15, -0.1) is 0 Å². The fraction of sp³-hybridized carbons (Fsp3) is 0.286. The summed E-state index contributed by atoms with van der Waals surface area (Å²) < 4.78 is 0. The monoisotopic (exact) mass is 275 g/mol. The van der Waals surface area contributed by atoms with Gasteiger partial charge in [-0.1, -0.05) is 17.7 Å². The Kier molecular flexibility index (Phi) is 3.03. The van der Waals surface area contributed by atoms with Crippen LogP contribution in [-0.4, -0.2) is 16.1 Å². The fourth-order valence-electron chi connectivity index (χ4n) is 2.43. The number of hydrogen-bond acceptors (Lipinski definition) is 2. The molecule has 0 saturated heterocycles. The zero-order valence-corrected chi connectivity index (χ0v) is 11.3. The van der Waals surface area contributed by atoms with Gasteiger partial charge in [0.15, 0.2) is 5.69 Å². The van der Waals surface area contributed by atoms with E-state index in [1.807, 2.05) is 19.1 Å². The number of nitrogens with zero attached hydrogens (tertiary/aromatic N) is 1. The first-order valence-corrected chi connectivity index (χ1v) is 6.67. The summed E-state index contributed by atoms with van der Waals surface area (Å²) in [5, 5.41) is 10.6. The van der Waals surface area contributed by atoms with E-state index >= 15 is 0 Å². The van der Waals surface area contributed by atoms with E-state index in [9.17, 15) is 4.79 Å². The molecule has 4 nitrogen and oxygen atoms in total. The lowest BCUT2D eigenvalue weighted by Crippen LogP contribution is -2.15. The van der Waals surface area contributed by atoms with Crippen molar-refractivity contribution in [2.45, 2.75) is 26.2 Å². The highest BCUT2D eigenvalue weighted by atomic mass is 35.5. The summed E-state index contributed by atoms with van der Waals surface area (Å²) in [5.41, 5.74) is 4.24. The lowest BCUT2D eigenvalue weighted by Gasteiger charge is -2.08. The van der Waals surface area contributed by atoms with Gasteiger partial charge < -0.3 is 5.32 Å². The van der Waals surface area contributed by atoms with Crippen molar-refractivity contribution in [3.05, 3.63) is 45.7 Å². The molecule has 98 valence electrons. The lowest BCUT2D eigenvalue weighted by molar-refractivity contribution is 0.102. The molecular weight excluding hydrogens is 262 g/mol. The maximum absolute atomic E-state index is 12.3. The molecule has 1 aromatic heterocycles. The number of fused-ring (bicyclic) bond motifs is 1. The molecule has 2 aromatic rings. The molecule has 0 atom stereocenters. The number of aromatic amines is 1. The van der Waals surface area contributed by atoms with Crippen LogP contribution in [-0.2, 0) is 12.8 Å². The number of H-pyrrole nitrogens is 1. The average Bonchev–Trinajstić information content (AvgIpc) is 2.96. The lowest BCUT2D eigenvalue weighted by atomic mass is 10.1. The Morgan fingerprint density at radius 3 is 3.11 bits per heavy atom. The predicted octanol–water partition coefficient (Wildman–Crippen LogP) is 3.11. The van der Waals surface area contributed by atoms with Crippen LogP contribution in [0.1, 0.15) is 33.7 Å². The third-order valence-electron chi connectivity index (χ3n) is 3.54. The first kappa shape index (κ1) is 12.2. The minimum absolute atomic E-state index is 0.176. The quantitative estimate of drug-likeness (QED) is 0.885. The Hall–Kier alpha value is -1.81. The van der Waals surface area contributed by atoms with Gasteiger partial charge in [-0.3, -0.25) is 9.89 Å². The summed E-state index contributed by atoms with van der Waals surface area (Å²) in [7, 11) is 0. The van der Waals surface area contributed by atoms with Gasteiger partial charge in [0, 0.05) is 22.0 Å². The van der Waals surface area contributed by atoms with Crippen molar-refractivity contribution >= 4 is 23.2 Å². The van der Waals surface area contributed by atoms with Crippen LogP contribution in [0.25, 0.3) is 0 Å². The van der Waals surface area contributed by atoms with Gasteiger partial charge in [0.2, 0.25) is 0 Å². The molecule has 0 spiro atoms. The van der Waals surface area contributed by atoms with Crippen molar-refractivity contribution in [3.63, 3.8) is 0 Å². The van der Waals surface area contributed by atoms with Gasteiger partial charge in [0.05, 0.1) is 0 Å². The first-order valence-electron chi connectivity index (χ1n) is 6.29. The van der Waals surface area contributed by atoms with Gasteiger partial charge in [-0.05, 0) is 43.9 Å². The highest BCUT2D eigenvalue weighted by Crippen LogP contribution is 2.26. The molecule has 3 rings (SSSR count). The second kappa shape index (κ2) is 4.70. The van der Waals surface area contributed by atoms with E-state index in [4.69, 9.17) is 11.6 Å². The van der Waals surface area contributed by atoms with Gasteiger partial charge >= 0.3 is 0 Å². The Morgan fingerprint density at radius 2 is 2.26 bits per heavy atom. The zero-order chi connectivity index (χ0) is 13.4. The van der Waals surface area contributed by atoms with Gasteiger partial charge in [-0.25, -0.2) is 0 Å². The molecule has 0 radical (unpaired) electrons. The molecule has 1 aliphatic carbocycles. The Morgan fingerprint density at radius 1 is 1.42 bits per heavy atom. The number of halogens is 1. The van der Waals surface area contributed by atoms with E-state index in [0.717, 1.165) is 41.8 Å². The summed E-state index contributed by atoms with van der Waals surface area (Å²) in [4.78, 5) is 12.3. The molecule has 1 heterocycles. The van der Waals surface area contributed by atoms with Crippen molar-refractivity contribution in [1.82, 2.24) is 10.2 Å². The van der Waals surface area contributed by atoms with Crippen LogP contribution >= 0.6 is 11.6 Å². The van der Waals surface area contributed by atoms with E-state index in [2.05, 4.69) is 15.5 Å². The normalized spacial score (nSPS) is 13.4. The van der Waals surface area contributed by atoms with E-state index < -0.39 is 0 Å². The number of carbonyl (C=O) groups is 1. The molecule has 1 aromatic carbocycles. The Labute approximate surface area is 116 Å². The molecule has 1 aliphatic rings. The molecular formula is C14H14ClN3O. The van der Waals surface area contributed by atoms with E-state index in [0.29, 0.717) is 10.7 Å². The summed E-state index contributed by atoms with van der Waals surface area (Å²) in [5.74, 6) is -0.176. The molecule has 0 bridgehead atoms. The van der Waals surface area contributed by atoms with Crippen LogP contribution in [0.15, 0.2) is 18.2 Å². The topological polar surface area (TPSA) is 57.8 Å². The minimum Gasteiger partial charge on any atom is -0.320 e. The summed E-state index contributed by atoms with van der Waals surface area (Å²) in [6.45, 7) is 1.88. The highest BCUT2D eigenvalue weighted by Gasteiger charge is 2.23. The second-order valence-electron chi connectivity index (χ2n) is 4.75. The molecule has 1 amide bonds. The smallest absolute Gasteiger partial charge is 0.276 e. The number of aromatic nitrogens is 2. The van der Waals surface area contributed by atoms with Crippen molar-refractivity contribution in [1.29, 1.82) is 0 Å². The van der Waals surface area contributed by atoms with Gasteiger partial charge in [0.1, 0.15) is 0 Å². The molecule has 0 aliphatic heterocycles. The SMILES string of the molecule is Cc1c(Cl)cccc1NC(=O)c1n[nH]c2c1CCC2. The van der Waals surface area contributed by atoms with E-state index in [1.165, 1.54) is 0 Å². The van der Waals surface area contributed by atoms with Crippen LogP contribution in [0, 0.1) is 6.92 Å². The number of carbonyl (C=O) groups excluding carboxylic acids is 1. The van der Waals surface area contributed by atoms with Crippen molar-refractivity contribution in [2.24, 2.45) is 0 Å². The van der Waals surface area contributed by atoms with E-state index in [1.54, 1.807) is 6.07 Å². The average molecular weight is 276 g/mol. The van der Waals surface area contributed by atoms with Crippen LogP contribution in [0.5, 0.6) is 0 Å². The van der Waals surface area contributed by atoms with Crippen LogP contribution < -0.4 is 5.32 Å². The molecule has 0 fully saturated rings. The maximum Gasteiger partial charge on any atom is 0.276 e. The molecule has 2 N–H and O–H groups in total. The number of hydrogen-bond donors (Lipinski definition) is 2. The van der Waals surface area contributed by atoms with Gasteiger partial charge in [0.25, 0.3) is 5.91 Å². The minimum atomic E-state index is -0.176. The number of aryl methyl sites for hydroxylation is 1. The number of anilines is 1. The molecule has 0 unspecified atom stereocenters. The standard InChI is InChI=1S/C14H14ClN3O/c1-8-10(15)5-3-6-11(8)16-14(19)13-9-4-2-7-12(9)17-18-13/h3,5-6H,2,4,7H2,1H3,(H,16,19)(H,17,18). The Balaban J connectivity index is 1.87.